The van der Waals surface area contributed by atoms with E-state index < -0.39 is 0 Å². The fourth-order valence-corrected chi connectivity index (χ4v) is 3.98. The van der Waals surface area contributed by atoms with Gasteiger partial charge in [0.1, 0.15) is 0 Å². The molecule has 2 aromatic carbocycles. The molecule has 2 atom stereocenters. The highest BCUT2D eigenvalue weighted by Gasteiger charge is 2.37. The Bertz CT molecular complexity index is 929. The number of cyclic esters (lactones) is 1. The van der Waals surface area contributed by atoms with Gasteiger partial charge in [-0.15, -0.1) is 0 Å². The van der Waals surface area contributed by atoms with E-state index in [-0.39, 0.29) is 30.3 Å². The lowest BCUT2D eigenvalue weighted by Gasteiger charge is -2.18. The first kappa shape index (κ1) is 20.0. The van der Waals surface area contributed by atoms with Gasteiger partial charge in [-0.3, -0.25) is 4.79 Å². The molecule has 0 saturated carbocycles. The Hall–Kier alpha value is -3.29. The van der Waals surface area contributed by atoms with Crippen LogP contribution in [-0.4, -0.2) is 45.8 Å². The number of aromatic hydroxyl groups is 1. The van der Waals surface area contributed by atoms with Gasteiger partial charge < -0.3 is 33.5 Å². The quantitative estimate of drug-likeness (QED) is 0.689. The standard InChI is InChI=1S/C22H24O8/c1-25-16-6-12(7-17(26-2)20(16)23)4-14-10-28-22(24)15(14)5-13-8-18(27-3)21-19(9-13)29-11-30-21/h6-9,14-15,23H,4-5,10-11H2,1-3H3/t14-,15+/m0/s1. The molecule has 1 saturated heterocycles. The normalized spacial score (nSPS) is 19.5. The first-order chi connectivity index (χ1) is 14.5. The molecule has 1 fully saturated rings. The Morgan fingerprint density at radius 1 is 0.900 bits per heavy atom. The molecule has 0 aliphatic carbocycles. The van der Waals surface area contributed by atoms with Crippen molar-refractivity contribution in [2.75, 3.05) is 34.7 Å². The minimum Gasteiger partial charge on any atom is -0.502 e. The predicted molar refractivity (Wildman–Crippen MR) is 106 cm³/mol. The van der Waals surface area contributed by atoms with Crippen molar-refractivity contribution in [2.24, 2.45) is 11.8 Å². The number of phenolic OH excluding ortho intramolecular Hbond substituents is 1. The van der Waals surface area contributed by atoms with Crippen LogP contribution in [0.25, 0.3) is 0 Å². The van der Waals surface area contributed by atoms with Gasteiger partial charge in [0.05, 0.1) is 33.9 Å². The SMILES string of the molecule is COc1cc(C[C@H]2COC(=O)[C@@H]2Cc2cc(OC)c3c(c2)OCO3)cc(OC)c1O. The van der Waals surface area contributed by atoms with Gasteiger partial charge in [0.15, 0.2) is 23.0 Å². The summed E-state index contributed by atoms with van der Waals surface area (Å²) < 4.78 is 32.2. The fourth-order valence-electron chi connectivity index (χ4n) is 3.98. The molecule has 0 bridgehead atoms. The van der Waals surface area contributed by atoms with Gasteiger partial charge in [0.25, 0.3) is 0 Å². The van der Waals surface area contributed by atoms with Crippen molar-refractivity contribution in [1.82, 2.24) is 0 Å². The van der Waals surface area contributed by atoms with Crippen LogP contribution in [0.1, 0.15) is 11.1 Å². The maximum atomic E-state index is 12.5. The van der Waals surface area contributed by atoms with E-state index in [1.54, 1.807) is 19.2 Å². The molecule has 1 N–H and O–H groups in total. The van der Waals surface area contributed by atoms with E-state index in [1.165, 1.54) is 14.2 Å². The molecule has 30 heavy (non-hydrogen) atoms. The monoisotopic (exact) mass is 416 g/mol. The number of fused-ring (bicyclic) bond motifs is 1. The van der Waals surface area contributed by atoms with E-state index in [9.17, 15) is 9.90 Å². The highest BCUT2D eigenvalue weighted by molar-refractivity contribution is 5.75. The van der Waals surface area contributed by atoms with Gasteiger partial charge in [-0.1, -0.05) is 0 Å². The third-order valence-electron chi connectivity index (χ3n) is 5.52. The van der Waals surface area contributed by atoms with Gasteiger partial charge in [0.2, 0.25) is 18.3 Å². The predicted octanol–water partition coefficient (Wildman–Crippen LogP) is 2.72. The van der Waals surface area contributed by atoms with E-state index in [2.05, 4.69) is 0 Å². The number of rotatable bonds is 7. The van der Waals surface area contributed by atoms with Crippen LogP contribution in [0.15, 0.2) is 24.3 Å². The minimum atomic E-state index is -0.319. The van der Waals surface area contributed by atoms with Crippen LogP contribution in [0.2, 0.25) is 0 Å². The van der Waals surface area contributed by atoms with E-state index >= 15 is 0 Å². The number of esters is 1. The van der Waals surface area contributed by atoms with Gasteiger partial charge in [-0.05, 0) is 48.2 Å². The van der Waals surface area contributed by atoms with Gasteiger partial charge in [0, 0.05) is 5.92 Å². The largest absolute Gasteiger partial charge is 0.502 e. The average molecular weight is 416 g/mol. The van der Waals surface area contributed by atoms with Gasteiger partial charge in [-0.2, -0.15) is 0 Å². The number of carbonyl (C=O) groups excluding carboxylic acids is 1. The Morgan fingerprint density at radius 2 is 1.53 bits per heavy atom. The smallest absolute Gasteiger partial charge is 0.309 e. The van der Waals surface area contributed by atoms with Crippen LogP contribution >= 0.6 is 0 Å². The van der Waals surface area contributed by atoms with Crippen molar-refractivity contribution in [1.29, 1.82) is 0 Å². The van der Waals surface area contributed by atoms with Crippen molar-refractivity contribution in [2.45, 2.75) is 12.8 Å². The lowest BCUT2D eigenvalue weighted by atomic mass is 9.85. The van der Waals surface area contributed by atoms with Crippen molar-refractivity contribution >= 4 is 5.97 Å². The zero-order valence-corrected chi connectivity index (χ0v) is 17.1. The maximum absolute atomic E-state index is 12.5. The minimum absolute atomic E-state index is 0.0344. The molecule has 0 spiro atoms. The van der Waals surface area contributed by atoms with Crippen molar-refractivity contribution < 1.29 is 38.3 Å². The molecule has 0 aromatic heterocycles. The summed E-state index contributed by atoms with van der Waals surface area (Å²) >= 11 is 0. The summed E-state index contributed by atoms with van der Waals surface area (Å²) in [6.07, 6.45) is 1.06. The summed E-state index contributed by atoms with van der Waals surface area (Å²) in [5, 5.41) is 10.1. The first-order valence-electron chi connectivity index (χ1n) is 9.61. The molecular weight excluding hydrogens is 392 g/mol. The molecule has 2 aliphatic heterocycles. The second-order valence-electron chi connectivity index (χ2n) is 7.29. The summed E-state index contributed by atoms with van der Waals surface area (Å²) in [4.78, 5) is 12.5. The third-order valence-corrected chi connectivity index (χ3v) is 5.52. The average Bonchev–Trinajstić information content (AvgIpc) is 3.36. The summed E-state index contributed by atoms with van der Waals surface area (Å²) in [6.45, 7) is 0.477. The molecule has 160 valence electrons. The van der Waals surface area contributed by atoms with Crippen LogP contribution in [0.4, 0.5) is 0 Å². The van der Waals surface area contributed by atoms with Crippen LogP contribution in [-0.2, 0) is 22.4 Å². The second kappa shape index (κ2) is 8.22. The van der Waals surface area contributed by atoms with Crippen molar-refractivity contribution in [3.63, 3.8) is 0 Å². The first-order valence-corrected chi connectivity index (χ1v) is 9.61. The number of benzene rings is 2. The van der Waals surface area contributed by atoms with Crippen molar-refractivity contribution in [3.05, 3.63) is 35.4 Å². The number of hydrogen-bond acceptors (Lipinski definition) is 8. The number of ether oxygens (including phenoxy) is 6. The van der Waals surface area contributed by atoms with Crippen LogP contribution in [0, 0.1) is 11.8 Å². The highest BCUT2D eigenvalue weighted by Crippen LogP contribution is 2.43. The molecule has 8 nitrogen and oxygen atoms in total. The molecule has 2 heterocycles. The Balaban J connectivity index is 1.57. The molecule has 2 aromatic rings. The summed E-state index contributed by atoms with van der Waals surface area (Å²) in [5.41, 5.74) is 1.80. The summed E-state index contributed by atoms with van der Waals surface area (Å²) in [5.74, 6) is 1.79. The Morgan fingerprint density at radius 3 is 2.20 bits per heavy atom. The lowest BCUT2D eigenvalue weighted by Crippen LogP contribution is -2.20. The zero-order valence-electron chi connectivity index (χ0n) is 17.1. The number of methoxy groups -OCH3 is 3. The Labute approximate surface area is 174 Å². The molecular formula is C22H24O8. The second-order valence-corrected chi connectivity index (χ2v) is 7.29. The summed E-state index contributed by atoms with van der Waals surface area (Å²) in [7, 11) is 4.53. The van der Waals surface area contributed by atoms with E-state index in [1.807, 2.05) is 12.1 Å². The topological polar surface area (TPSA) is 92.7 Å². The lowest BCUT2D eigenvalue weighted by molar-refractivity contribution is -0.141. The molecule has 0 radical (unpaired) electrons. The molecule has 8 heteroatoms. The fraction of sp³-hybridized carbons (Fsp3) is 0.409. The van der Waals surface area contributed by atoms with Gasteiger partial charge in [-0.25, -0.2) is 0 Å². The molecule has 0 unspecified atom stereocenters. The van der Waals surface area contributed by atoms with Crippen molar-refractivity contribution in [3.8, 4) is 34.5 Å². The third kappa shape index (κ3) is 3.65. The number of hydrogen-bond donors (Lipinski definition) is 1. The van der Waals surface area contributed by atoms with E-state index in [4.69, 9.17) is 28.4 Å². The van der Waals surface area contributed by atoms with Crippen LogP contribution in [0.3, 0.4) is 0 Å². The number of phenols is 1. The van der Waals surface area contributed by atoms with E-state index in [0.29, 0.717) is 48.2 Å². The summed E-state index contributed by atoms with van der Waals surface area (Å²) in [6, 6.07) is 7.24. The van der Waals surface area contributed by atoms with E-state index in [0.717, 1.165) is 11.1 Å². The maximum Gasteiger partial charge on any atom is 0.309 e. The molecule has 4 rings (SSSR count). The van der Waals surface area contributed by atoms with Gasteiger partial charge >= 0.3 is 5.97 Å². The zero-order chi connectivity index (χ0) is 21.3. The highest BCUT2D eigenvalue weighted by atomic mass is 16.7. The molecule has 0 amide bonds. The Kier molecular flexibility index (Phi) is 5.48. The van der Waals surface area contributed by atoms with Crippen LogP contribution < -0.4 is 23.7 Å². The number of carbonyl (C=O) groups is 1. The molecule has 2 aliphatic rings. The van der Waals surface area contributed by atoms with Crippen LogP contribution in [0.5, 0.6) is 34.5 Å².